The number of benzene rings is 1. The highest BCUT2D eigenvalue weighted by Gasteiger charge is 2.11. The molecule has 4 nitrogen and oxygen atoms in total. The second kappa shape index (κ2) is 6.73. The normalized spacial score (nSPS) is 12.6. The van der Waals surface area contributed by atoms with Gasteiger partial charge in [0.2, 0.25) is 11.7 Å². The Kier molecular flexibility index (Phi) is 4.99. The Hall–Kier alpha value is -1.33. The first-order chi connectivity index (χ1) is 9.22. The van der Waals surface area contributed by atoms with Crippen LogP contribution in [0.3, 0.4) is 0 Å². The Balaban J connectivity index is 2.09. The van der Waals surface area contributed by atoms with Crippen molar-refractivity contribution in [1.82, 2.24) is 10.1 Å². The van der Waals surface area contributed by atoms with Crippen LogP contribution in [0, 0.1) is 5.92 Å². The Morgan fingerprint density at radius 2 is 2.05 bits per heavy atom. The minimum absolute atomic E-state index is 0.358. The maximum atomic E-state index is 5.59. The topological polar surface area (TPSA) is 64.9 Å². The van der Waals surface area contributed by atoms with E-state index in [-0.39, 0.29) is 0 Å². The smallest absolute Gasteiger partial charge is 0.227 e. The van der Waals surface area contributed by atoms with E-state index in [1.165, 1.54) is 4.90 Å². The largest absolute Gasteiger partial charge is 0.339 e. The van der Waals surface area contributed by atoms with Gasteiger partial charge in [-0.3, -0.25) is 0 Å². The predicted octanol–water partition coefficient (Wildman–Crippen LogP) is 2.99. The van der Waals surface area contributed by atoms with Gasteiger partial charge in [0.15, 0.2) is 0 Å². The molecule has 0 saturated heterocycles. The lowest BCUT2D eigenvalue weighted by molar-refractivity contribution is 0.360. The van der Waals surface area contributed by atoms with Gasteiger partial charge in [-0.1, -0.05) is 19.0 Å². The molecule has 0 aliphatic rings. The summed E-state index contributed by atoms with van der Waals surface area (Å²) in [5.41, 5.74) is 6.57. The van der Waals surface area contributed by atoms with Gasteiger partial charge in [-0.15, -0.1) is 11.8 Å². The molecule has 1 unspecified atom stereocenters. The van der Waals surface area contributed by atoms with Crippen molar-refractivity contribution in [2.45, 2.75) is 25.2 Å². The Morgan fingerprint density at radius 1 is 1.32 bits per heavy atom. The highest BCUT2D eigenvalue weighted by atomic mass is 32.2. The first-order valence-electron chi connectivity index (χ1n) is 6.48. The molecule has 0 bridgehead atoms. The van der Waals surface area contributed by atoms with Crippen LogP contribution in [0.2, 0.25) is 0 Å². The summed E-state index contributed by atoms with van der Waals surface area (Å²) in [6.45, 7) is 4.84. The fraction of sp³-hybridized carbons (Fsp3) is 0.429. The molecule has 1 atom stereocenters. The molecular weight excluding hydrogens is 258 g/mol. The highest BCUT2D eigenvalue weighted by Crippen LogP contribution is 2.22. The van der Waals surface area contributed by atoms with Crippen molar-refractivity contribution in [2.75, 3.05) is 12.3 Å². The van der Waals surface area contributed by atoms with Gasteiger partial charge >= 0.3 is 0 Å². The van der Waals surface area contributed by atoms with Crippen molar-refractivity contribution >= 4 is 11.8 Å². The molecule has 0 aliphatic heterocycles. The molecule has 2 aromatic rings. The summed E-state index contributed by atoms with van der Waals surface area (Å²) < 4.78 is 5.25. The van der Waals surface area contributed by atoms with Crippen LogP contribution in [0.1, 0.15) is 19.7 Å². The van der Waals surface area contributed by atoms with Crippen LogP contribution in [0.5, 0.6) is 0 Å². The molecule has 0 saturated carbocycles. The van der Waals surface area contributed by atoms with Crippen molar-refractivity contribution in [3.8, 4) is 11.4 Å². The highest BCUT2D eigenvalue weighted by molar-refractivity contribution is 7.99. The standard InChI is InChI=1S/C14H19N3OS/c1-3-19-12-6-4-11(5-7-12)14-16-13(18-17-14)8-10(2)9-15/h4-7,10H,3,8-9,15H2,1-2H3. The molecule has 0 aliphatic carbocycles. The van der Waals surface area contributed by atoms with E-state index in [4.69, 9.17) is 10.3 Å². The minimum atomic E-state index is 0.358. The van der Waals surface area contributed by atoms with Crippen LogP contribution in [0.15, 0.2) is 33.7 Å². The third-order valence-corrected chi connectivity index (χ3v) is 3.71. The van der Waals surface area contributed by atoms with Gasteiger partial charge in [-0.2, -0.15) is 4.98 Å². The Morgan fingerprint density at radius 3 is 2.68 bits per heavy atom. The van der Waals surface area contributed by atoms with Crippen molar-refractivity contribution in [3.05, 3.63) is 30.2 Å². The third-order valence-electron chi connectivity index (χ3n) is 2.82. The lowest BCUT2D eigenvalue weighted by Gasteiger charge is -2.02. The average molecular weight is 277 g/mol. The zero-order valence-corrected chi connectivity index (χ0v) is 12.1. The number of hydrogen-bond donors (Lipinski definition) is 1. The predicted molar refractivity (Wildman–Crippen MR) is 78.1 cm³/mol. The molecule has 0 amide bonds. The summed E-state index contributed by atoms with van der Waals surface area (Å²) in [6.07, 6.45) is 0.729. The molecular formula is C14H19N3OS. The molecule has 0 fully saturated rings. The summed E-state index contributed by atoms with van der Waals surface area (Å²) >= 11 is 1.82. The summed E-state index contributed by atoms with van der Waals surface area (Å²) in [7, 11) is 0. The number of thioether (sulfide) groups is 1. The minimum Gasteiger partial charge on any atom is -0.339 e. The molecule has 5 heteroatoms. The summed E-state index contributed by atoms with van der Waals surface area (Å²) in [4.78, 5) is 5.66. The van der Waals surface area contributed by atoms with Gasteiger partial charge in [-0.25, -0.2) is 0 Å². The molecule has 1 aromatic carbocycles. The second-order valence-corrected chi connectivity index (χ2v) is 5.85. The number of nitrogens with zero attached hydrogens (tertiary/aromatic N) is 2. The van der Waals surface area contributed by atoms with Gasteiger partial charge in [0, 0.05) is 16.9 Å². The van der Waals surface area contributed by atoms with Crippen LogP contribution < -0.4 is 5.73 Å². The van der Waals surface area contributed by atoms with Crippen molar-refractivity contribution in [1.29, 1.82) is 0 Å². The number of hydrogen-bond acceptors (Lipinski definition) is 5. The van der Waals surface area contributed by atoms with Crippen molar-refractivity contribution in [3.63, 3.8) is 0 Å². The monoisotopic (exact) mass is 277 g/mol. The first kappa shape index (κ1) is 14.1. The van der Waals surface area contributed by atoms with E-state index in [0.29, 0.717) is 24.2 Å². The summed E-state index contributed by atoms with van der Waals surface area (Å²) in [5.74, 6) is 2.73. The summed E-state index contributed by atoms with van der Waals surface area (Å²) in [6, 6.07) is 8.22. The van der Waals surface area contributed by atoms with E-state index < -0.39 is 0 Å². The summed E-state index contributed by atoms with van der Waals surface area (Å²) in [5, 5.41) is 4.02. The van der Waals surface area contributed by atoms with Crippen LogP contribution in [0.4, 0.5) is 0 Å². The molecule has 102 valence electrons. The Bertz CT molecular complexity index is 510. The molecule has 2 rings (SSSR count). The fourth-order valence-electron chi connectivity index (χ4n) is 1.70. The van der Waals surface area contributed by atoms with Crippen molar-refractivity contribution < 1.29 is 4.52 Å². The maximum Gasteiger partial charge on any atom is 0.227 e. The number of rotatable bonds is 6. The zero-order valence-electron chi connectivity index (χ0n) is 11.3. The van der Waals surface area contributed by atoms with Crippen molar-refractivity contribution in [2.24, 2.45) is 11.7 Å². The molecule has 2 N–H and O–H groups in total. The number of nitrogens with two attached hydrogens (primary N) is 1. The van der Waals surface area contributed by atoms with E-state index in [9.17, 15) is 0 Å². The Labute approximate surface area is 117 Å². The van der Waals surface area contributed by atoms with Gasteiger partial charge in [0.1, 0.15) is 0 Å². The molecule has 0 spiro atoms. The lowest BCUT2D eigenvalue weighted by atomic mass is 10.1. The van der Waals surface area contributed by atoms with Gasteiger partial charge < -0.3 is 10.3 Å². The quantitative estimate of drug-likeness (QED) is 0.822. The molecule has 1 aromatic heterocycles. The van der Waals surface area contributed by atoms with Crippen LogP contribution in [-0.4, -0.2) is 22.4 Å². The second-order valence-electron chi connectivity index (χ2n) is 4.51. The first-order valence-corrected chi connectivity index (χ1v) is 7.47. The van der Waals surface area contributed by atoms with E-state index in [2.05, 4.69) is 36.1 Å². The van der Waals surface area contributed by atoms with E-state index in [1.807, 2.05) is 23.9 Å². The van der Waals surface area contributed by atoms with E-state index >= 15 is 0 Å². The van der Waals surface area contributed by atoms with E-state index in [1.54, 1.807) is 0 Å². The fourth-order valence-corrected chi connectivity index (χ4v) is 2.37. The van der Waals surface area contributed by atoms with Gasteiger partial charge in [-0.05, 0) is 42.5 Å². The van der Waals surface area contributed by atoms with Crippen LogP contribution >= 0.6 is 11.8 Å². The van der Waals surface area contributed by atoms with Crippen LogP contribution in [-0.2, 0) is 6.42 Å². The van der Waals surface area contributed by atoms with Crippen LogP contribution in [0.25, 0.3) is 11.4 Å². The third kappa shape index (κ3) is 3.81. The molecule has 1 heterocycles. The lowest BCUT2D eigenvalue weighted by Crippen LogP contribution is -2.13. The SMILES string of the molecule is CCSc1ccc(-c2noc(CC(C)CN)n2)cc1. The molecule has 19 heavy (non-hydrogen) atoms. The molecule has 0 radical (unpaired) electrons. The van der Waals surface area contributed by atoms with Gasteiger partial charge in [0.25, 0.3) is 0 Å². The average Bonchev–Trinajstić information content (AvgIpc) is 2.88. The maximum absolute atomic E-state index is 5.59. The van der Waals surface area contributed by atoms with E-state index in [0.717, 1.165) is 17.7 Å². The number of aromatic nitrogens is 2. The van der Waals surface area contributed by atoms with Gasteiger partial charge in [0.05, 0.1) is 0 Å². The zero-order chi connectivity index (χ0) is 13.7.